The number of hydrogen-bond acceptors (Lipinski definition) is 12. The van der Waals surface area contributed by atoms with Crippen LogP contribution in [0.25, 0.3) is 0 Å². The molecule has 4 aromatic rings. The van der Waals surface area contributed by atoms with Crippen molar-refractivity contribution >= 4 is 91.3 Å². The van der Waals surface area contributed by atoms with Crippen LogP contribution in [0.1, 0.15) is 73.7 Å². The summed E-state index contributed by atoms with van der Waals surface area (Å²) in [6, 6.07) is 6.21. The molecule has 1 unspecified atom stereocenters. The molecule has 1 atom stereocenters. The number of amides is 6. The van der Waals surface area contributed by atoms with E-state index in [1.165, 1.54) is 12.1 Å². The summed E-state index contributed by atoms with van der Waals surface area (Å²) in [5.41, 5.74) is 1.40. The minimum Gasteiger partial charge on any atom is -0.359 e. The SMILES string of the molecule is CCC(Nc1snc(C(=O)Nc2ccc(C(=O)Nc3cc(C(=O)NCCC(=O)Nc4cc(C(=O)NCCC(=O)NCCCN(C)C)n(C)c4)n(C)c3)s2)c1Cl)N(C)C. The molecule has 0 aromatic carbocycles. The number of hydrogen-bond donors (Lipinski definition) is 7. The van der Waals surface area contributed by atoms with Crippen molar-refractivity contribution in [2.45, 2.75) is 38.8 Å². The number of nitrogens with zero attached hydrogens (tertiary/aromatic N) is 5. The van der Waals surface area contributed by atoms with E-state index in [0.29, 0.717) is 38.5 Å². The summed E-state index contributed by atoms with van der Waals surface area (Å²) in [7, 11) is 11.1. The average Bonchev–Trinajstić information content (AvgIpc) is 3.95. The van der Waals surface area contributed by atoms with Crippen molar-refractivity contribution in [3.63, 3.8) is 0 Å². The zero-order valence-electron chi connectivity index (χ0n) is 33.6. The summed E-state index contributed by atoms with van der Waals surface area (Å²) < 4.78 is 7.33. The lowest BCUT2D eigenvalue weighted by atomic mass is 10.3. The average molecular weight is 859 g/mol. The molecule has 21 heteroatoms. The van der Waals surface area contributed by atoms with Crippen molar-refractivity contribution in [3.05, 3.63) is 63.6 Å². The number of halogens is 1. The van der Waals surface area contributed by atoms with Gasteiger partial charge in [0, 0.05) is 59.0 Å². The molecule has 0 radical (unpaired) electrons. The number of nitrogens with one attached hydrogen (secondary N) is 7. The molecule has 0 saturated carbocycles. The van der Waals surface area contributed by atoms with Crippen LogP contribution in [0.2, 0.25) is 5.02 Å². The van der Waals surface area contributed by atoms with E-state index in [2.05, 4.69) is 41.6 Å². The highest BCUT2D eigenvalue weighted by atomic mass is 35.5. The molecule has 4 aromatic heterocycles. The molecule has 0 aliphatic heterocycles. The van der Waals surface area contributed by atoms with Gasteiger partial charge >= 0.3 is 0 Å². The lowest BCUT2D eigenvalue weighted by molar-refractivity contribution is -0.121. The van der Waals surface area contributed by atoms with Crippen molar-refractivity contribution in [2.75, 3.05) is 75.6 Å². The third-order valence-corrected chi connectivity index (χ3v) is 10.9. The van der Waals surface area contributed by atoms with Gasteiger partial charge in [0.1, 0.15) is 21.4 Å². The van der Waals surface area contributed by atoms with Crippen LogP contribution < -0.4 is 37.2 Å². The number of aryl methyl sites for hydroxylation is 2. The third kappa shape index (κ3) is 13.1. The first-order valence-corrected chi connectivity index (χ1v) is 20.4. The van der Waals surface area contributed by atoms with E-state index in [0.717, 1.165) is 42.3 Å². The van der Waals surface area contributed by atoms with Crippen LogP contribution in [0.15, 0.2) is 36.7 Å². The van der Waals surface area contributed by atoms with Gasteiger partial charge in [0.25, 0.3) is 23.6 Å². The summed E-state index contributed by atoms with van der Waals surface area (Å²) in [6.45, 7) is 3.65. The Labute approximate surface area is 350 Å². The summed E-state index contributed by atoms with van der Waals surface area (Å²) >= 11 is 8.63. The lowest BCUT2D eigenvalue weighted by Gasteiger charge is -2.24. The molecule has 6 amide bonds. The van der Waals surface area contributed by atoms with Crippen LogP contribution in [0, 0.1) is 0 Å². The van der Waals surface area contributed by atoms with Gasteiger partial charge in [-0.05, 0) is 83.4 Å². The highest BCUT2D eigenvalue weighted by molar-refractivity contribution is 7.18. The molecule has 0 spiro atoms. The fourth-order valence-electron chi connectivity index (χ4n) is 5.56. The fraction of sp³-hybridized carbons (Fsp3) is 0.432. The van der Waals surface area contributed by atoms with E-state index in [-0.39, 0.29) is 66.2 Å². The van der Waals surface area contributed by atoms with Crippen LogP contribution in [-0.4, -0.2) is 119 Å². The molecule has 0 aliphatic carbocycles. The second-order valence-electron chi connectivity index (χ2n) is 13.8. The van der Waals surface area contributed by atoms with Gasteiger partial charge in [-0.15, -0.1) is 11.3 Å². The molecule has 0 bridgehead atoms. The lowest BCUT2D eigenvalue weighted by Crippen LogP contribution is -2.34. The van der Waals surface area contributed by atoms with E-state index in [1.807, 2.05) is 44.9 Å². The highest BCUT2D eigenvalue weighted by Crippen LogP contribution is 2.32. The molecule has 4 heterocycles. The second-order valence-corrected chi connectivity index (χ2v) is 16.0. The quantitative estimate of drug-likeness (QED) is 0.0477. The van der Waals surface area contributed by atoms with Crippen molar-refractivity contribution in [3.8, 4) is 0 Å². The van der Waals surface area contributed by atoms with Gasteiger partial charge in [0.05, 0.1) is 27.4 Å². The normalized spacial score (nSPS) is 11.6. The summed E-state index contributed by atoms with van der Waals surface area (Å²) in [5, 5.41) is 21.0. The number of thiophene rings is 1. The number of rotatable bonds is 21. The van der Waals surface area contributed by atoms with Gasteiger partial charge in [-0.25, -0.2) is 0 Å². The zero-order chi connectivity index (χ0) is 42.5. The summed E-state index contributed by atoms with van der Waals surface area (Å²) in [6.07, 6.45) is 4.94. The van der Waals surface area contributed by atoms with Crippen LogP contribution in [0.4, 0.5) is 21.4 Å². The number of aromatic nitrogens is 3. The monoisotopic (exact) mass is 858 g/mol. The van der Waals surface area contributed by atoms with Crippen LogP contribution >= 0.6 is 34.5 Å². The minimum atomic E-state index is -0.507. The maximum absolute atomic E-state index is 13.1. The molecule has 18 nitrogen and oxygen atoms in total. The molecule has 0 saturated heterocycles. The van der Waals surface area contributed by atoms with Gasteiger partial charge in [-0.3, -0.25) is 33.7 Å². The fourth-order valence-corrected chi connectivity index (χ4v) is 7.42. The maximum atomic E-state index is 13.1. The van der Waals surface area contributed by atoms with Gasteiger partial charge in [0.2, 0.25) is 11.8 Å². The first kappa shape index (κ1) is 45.4. The molecule has 7 N–H and O–H groups in total. The second kappa shape index (κ2) is 21.5. The molecule has 0 aliphatic rings. The Morgan fingerprint density at radius 3 is 1.97 bits per heavy atom. The van der Waals surface area contributed by atoms with Gasteiger partial charge in [0.15, 0.2) is 5.69 Å². The minimum absolute atomic E-state index is 0.0170. The first-order chi connectivity index (χ1) is 27.6. The van der Waals surface area contributed by atoms with E-state index < -0.39 is 17.7 Å². The Morgan fingerprint density at radius 1 is 0.776 bits per heavy atom. The number of anilines is 4. The largest absolute Gasteiger partial charge is 0.359 e. The molecular formula is C37H51ClN12O6S2. The van der Waals surface area contributed by atoms with Crippen LogP contribution in [0.3, 0.4) is 0 Å². The summed E-state index contributed by atoms with van der Waals surface area (Å²) in [4.78, 5) is 80.7. The predicted octanol–water partition coefficient (Wildman–Crippen LogP) is 3.70. The highest BCUT2D eigenvalue weighted by Gasteiger charge is 2.23. The van der Waals surface area contributed by atoms with Crippen molar-refractivity contribution < 1.29 is 28.8 Å². The molecular weight excluding hydrogens is 808 g/mol. The third-order valence-electron chi connectivity index (χ3n) is 8.62. The Kier molecular flexibility index (Phi) is 16.8. The number of carbonyl (C=O) groups is 6. The van der Waals surface area contributed by atoms with Crippen molar-refractivity contribution in [1.29, 1.82) is 0 Å². The Hall–Kier alpha value is -5.28. The van der Waals surface area contributed by atoms with Gasteiger partial charge in [-0.1, -0.05) is 18.5 Å². The molecule has 0 fully saturated rings. The standard InChI is InChI=1S/C37H51ClN12O6S2/c1-8-27(48(4)5)44-37-31(38)32(46-58-37)36(56)45-30-11-10-26(57-30)35(55)43-23-19-25(50(7)21-23)34(54)41-16-13-29(52)42-22-18-24(49(6)20-22)33(53)40-15-12-28(51)39-14-9-17-47(2)3/h10-11,18-21,27,44H,8-9,12-17H2,1-7H3,(H,39,51)(H,40,53)(H,41,54)(H,42,52)(H,43,55)(H,45,56). The Morgan fingerprint density at radius 2 is 1.38 bits per heavy atom. The smallest absolute Gasteiger partial charge is 0.277 e. The Balaban J connectivity index is 1.20. The molecule has 4 rings (SSSR count). The summed E-state index contributed by atoms with van der Waals surface area (Å²) in [5.74, 6) is -2.31. The Bertz CT molecular complexity index is 2090. The zero-order valence-corrected chi connectivity index (χ0v) is 36.0. The van der Waals surface area contributed by atoms with Crippen LogP contribution in [0.5, 0.6) is 0 Å². The molecule has 58 heavy (non-hydrogen) atoms. The topological polar surface area (TPSA) is 216 Å². The maximum Gasteiger partial charge on any atom is 0.277 e. The van der Waals surface area contributed by atoms with E-state index in [1.54, 1.807) is 47.8 Å². The van der Waals surface area contributed by atoms with Crippen molar-refractivity contribution in [1.82, 2.24) is 39.3 Å². The van der Waals surface area contributed by atoms with E-state index in [4.69, 9.17) is 11.6 Å². The van der Waals surface area contributed by atoms with E-state index in [9.17, 15) is 28.8 Å². The van der Waals surface area contributed by atoms with Gasteiger partial charge in [-0.2, -0.15) is 4.37 Å². The van der Waals surface area contributed by atoms with E-state index >= 15 is 0 Å². The molecule has 314 valence electrons. The van der Waals surface area contributed by atoms with Gasteiger partial charge < -0.3 is 51.3 Å². The van der Waals surface area contributed by atoms with Crippen LogP contribution in [-0.2, 0) is 23.7 Å². The first-order valence-electron chi connectivity index (χ1n) is 18.5. The number of carbonyl (C=O) groups excluding carboxylic acids is 6. The van der Waals surface area contributed by atoms with Crippen molar-refractivity contribution in [2.24, 2.45) is 14.1 Å². The predicted molar refractivity (Wildman–Crippen MR) is 228 cm³/mol.